The molecule has 1 fully saturated rings. The summed E-state index contributed by atoms with van der Waals surface area (Å²) in [4.78, 5) is 26.5. The van der Waals surface area contributed by atoms with Gasteiger partial charge in [0.2, 0.25) is 0 Å². The first kappa shape index (κ1) is 17.9. The van der Waals surface area contributed by atoms with Gasteiger partial charge in [0.1, 0.15) is 5.82 Å². The Morgan fingerprint density at radius 1 is 1.04 bits per heavy atom. The first-order valence-corrected chi connectivity index (χ1v) is 8.75. The van der Waals surface area contributed by atoms with Crippen LogP contribution >= 0.6 is 0 Å². The fourth-order valence-corrected chi connectivity index (χ4v) is 2.97. The van der Waals surface area contributed by atoms with Crippen molar-refractivity contribution in [1.82, 2.24) is 4.90 Å². The molecule has 1 saturated heterocycles. The van der Waals surface area contributed by atoms with Crippen LogP contribution in [0.2, 0.25) is 0 Å². The third-order valence-corrected chi connectivity index (χ3v) is 4.56. The summed E-state index contributed by atoms with van der Waals surface area (Å²) in [5, 5.41) is 5.09. The fourth-order valence-electron chi connectivity index (χ4n) is 2.97. The van der Waals surface area contributed by atoms with E-state index in [4.69, 9.17) is 0 Å². The number of para-hydroxylation sites is 1. The molecule has 1 aliphatic heterocycles. The third-order valence-electron chi connectivity index (χ3n) is 4.56. The minimum Gasteiger partial charge on any atom is -0.339 e. The van der Waals surface area contributed by atoms with Crippen LogP contribution in [0.3, 0.4) is 0 Å². The van der Waals surface area contributed by atoms with Gasteiger partial charge in [-0.05, 0) is 49.1 Å². The van der Waals surface area contributed by atoms with E-state index in [1.807, 2.05) is 4.90 Å². The van der Waals surface area contributed by atoms with Crippen molar-refractivity contribution in [1.29, 1.82) is 0 Å². The highest BCUT2D eigenvalue weighted by Crippen LogP contribution is 2.20. The quantitative estimate of drug-likeness (QED) is 0.860. The summed E-state index contributed by atoms with van der Waals surface area (Å²) < 4.78 is 13.6. The lowest BCUT2D eigenvalue weighted by Gasteiger charge is -2.30. The average Bonchev–Trinajstić information content (AvgIpc) is 2.64. The van der Waals surface area contributed by atoms with Crippen LogP contribution in [0.15, 0.2) is 48.5 Å². The molecular formula is C20H22FN3O2. The second-order valence-electron chi connectivity index (χ2n) is 6.61. The largest absolute Gasteiger partial charge is 0.339 e. The molecule has 136 valence electrons. The normalized spacial score (nSPS) is 14.8. The molecule has 2 aromatic carbocycles. The summed E-state index contributed by atoms with van der Waals surface area (Å²) in [5.74, 6) is 0.107. The maximum Gasteiger partial charge on any atom is 0.323 e. The van der Waals surface area contributed by atoms with Crippen molar-refractivity contribution < 1.29 is 14.0 Å². The maximum absolute atomic E-state index is 13.6. The molecule has 6 heteroatoms. The second kappa shape index (κ2) is 7.99. The SMILES string of the molecule is CC1CCN(C(=O)c2cccc(NC(=O)Nc3ccccc3F)c2)CC1. The van der Waals surface area contributed by atoms with Crippen LogP contribution in [0.5, 0.6) is 0 Å². The van der Waals surface area contributed by atoms with Crippen molar-refractivity contribution in [2.24, 2.45) is 5.92 Å². The molecule has 0 spiro atoms. The van der Waals surface area contributed by atoms with E-state index in [1.165, 1.54) is 12.1 Å². The van der Waals surface area contributed by atoms with Crippen LogP contribution in [0.25, 0.3) is 0 Å². The molecule has 2 aromatic rings. The molecule has 3 amide bonds. The number of nitrogens with one attached hydrogen (secondary N) is 2. The number of rotatable bonds is 3. The van der Waals surface area contributed by atoms with Crippen molar-refractivity contribution >= 4 is 23.3 Å². The van der Waals surface area contributed by atoms with Gasteiger partial charge in [-0.1, -0.05) is 25.1 Å². The van der Waals surface area contributed by atoms with Crippen LogP contribution in [-0.4, -0.2) is 29.9 Å². The molecule has 0 unspecified atom stereocenters. The van der Waals surface area contributed by atoms with Gasteiger partial charge in [-0.2, -0.15) is 0 Å². The lowest BCUT2D eigenvalue weighted by molar-refractivity contribution is 0.0697. The molecule has 0 aromatic heterocycles. The van der Waals surface area contributed by atoms with E-state index in [0.29, 0.717) is 17.2 Å². The summed E-state index contributed by atoms with van der Waals surface area (Å²) in [6.07, 6.45) is 2.02. The Kier molecular flexibility index (Phi) is 5.51. The zero-order chi connectivity index (χ0) is 18.5. The summed E-state index contributed by atoms with van der Waals surface area (Å²) in [7, 11) is 0. The standard InChI is InChI=1S/C20H22FN3O2/c1-14-9-11-24(12-10-14)19(25)15-5-4-6-16(13-15)22-20(26)23-18-8-3-2-7-17(18)21/h2-8,13-14H,9-12H2,1H3,(H2,22,23,26). The number of amides is 3. The molecule has 26 heavy (non-hydrogen) atoms. The second-order valence-corrected chi connectivity index (χ2v) is 6.61. The molecule has 1 heterocycles. The summed E-state index contributed by atoms with van der Waals surface area (Å²) >= 11 is 0. The Morgan fingerprint density at radius 3 is 2.50 bits per heavy atom. The van der Waals surface area contributed by atoms with Gasteiger partial charge in [0.15, 0.2) is 0 Å². The predicted molar refractivity (Wildman–Crippen MR) is 99.8 cm³/mol. The molecular weight excluding hydrogens is 333 g/mol. The van der Waals surface area contributed by atoms with Crippen LogP contribution < -0.4 is 10.6 Å². The van der Waals surface area contributed by atoms with Gasteiger partial charge < -0.3 is 15.5 Å². The number of urea groups is 1. The highest BCUT2D eigenvalue weighted by atomic mass is 19.1. The van der Waals surface area contributed by atoms with Gasteiger partial charge in [0.25, 0.3) is 5.91 Å². The highest BCUT2D eigenvalue weighted by molar-refractivity contribution is 6.01. The number of hydrogen-bond donors (Lipinski definition) is 2. The Morgan fingerprint density at radius 2 is 1.77 bits per heavy atom. The predicted octanol–water partition coefficient (Wildman–Crippen LogP) is 4.34. The molecule has 5 nitrogen and oxygen atoms in total. The lowest BCUT2D eigenvalue weighted by Crippen LogP contribution is -2.37. The van der Waals surface area contributed by atoms with E-state index in [9.17, 15) is 14.0 Å². The van der Waals surface area contributed by atoms with E-state index in [2.05, 4.69) is 17.6 Å². The van der Waals surface area contributed by atoms with E-state index in [0.717, 1.165) is 25.9 Å². The first-order valence-electron chi connectivity index (χ1n) is 8.75. The Balaban J connectivity index is 1.64. The third kappa shape index (κ3) is 4.39. The fraction of sp³-hybridized carbons (Fsp3) is 0.300. The van der Waals surface area contributed by atoms with Gasteiger partial charge in [-0.15, -0.1) is 0 Å². The van der Waals surface area contributed by atoms with Gasteiger partial charge in [0, 0.05) is 24.3 Å². The number of carbonyl (C=O) groups is 2. The molecule has 3 rings (SSSR count). The maximum atomic E-state index is 13.6. The number of halogens is 1. The molecule has 1 aliphatic rings. The van der Waals surface area contributed by atoms with Crippen molar-refractivity contribution in [3.63, 3.8) is 0 Å². The van der Waals surface area contributed by atoms with Gasteiger partial charge in [-0.25, -0.2) is 9.18 Å². The Bertz CT molecular complexity index is 801. The van der Waals surface area contributed by atoms with Crippen molar-refractivity contribution in [3.05, 3.63) is 59.9 Å². The zero-order valence-electron chi connectivity index (χ0n) is 14.7. The number of carbonyl (C=O) groups excluding carboxylic acids is 2. The molecule has 0 radical (unpaired) electrons. The minimum absolute atomic E-state index is 0.0324. The topological polar surface area (TPSA) is 61.4 Å². The van der Waals surface area contributed by atoms with Crippen LogP contribution in [0, 0.1) is 11.7 Å². The van der Waals surface area contributed by atoms with Gasteiger partial charge in [0.05, 0.1) is 5.69 Å². The van der Waals surface area contributed by atoms with E-state index in [1.54, 1.807) is 36.4 Å². The minimum atomic E-state index is -0.563. The number of piperidine rings is 1. The van der Waals surface area contributed by atoms with Crippen LogP contribution in [0.1, 0.15) is 30.1 Å². The van der Waals surface area contributed by atoms with E-state index < -0.39 is 11.8 Å². The number of anilines is 2. The number of hydrogen-bond acceptors (Lipinski definition) is 2. The van der Waals surface area contributed by atoms with Gasteiger partial charge in [-0.3, -0.25) is 4.79 Å². The molecule has 0 saturated carbocycles. The molecule has 0 bridgehead atoms. The molecule has 0 atom stereocenters. The molecule has 2 N–H and O–H groups in total. The van der Waals surface area contributed by atoms with E-state index >= 15 is 0 Å². The van der Waals surface area contributed by atoms with Crippen molar-refractivity contribution in [3.8, 4) is 0 Å². The summed E-state index contributed by atoms with van der Waals surface area (Å²) in [6.45, 7) is 3.71. The number of benzene rings is 2. The Hall–Kier alpha value is -2.89. The van der Waals surface area contributed by atoms with Crippen molar-refractivity contribution in [2.75, 3.05) is 23.7 Å². The monoisotopic (exact) mass is 355 g/mol. The van der Waals surface area contributed by atoms with Crippen LogP contribution in [0.4, 0.5) is 20.6 Å². The molecule has 0 aliphatic carbocycles. The zero-order valence-corrected chi connectivity index (χ0v) is 14.7. The number of nitrogens with zero attached hydrogens (tertiary/aromatic N) is 1. The van der Waals surface area contributed by atoms with E-state index in [-0.39, 0.29) is 11.6 Å². The van der Waals surface area contributed by atoms with Crippen LogP contribution in [-0.2, 0) is 0 Å². The summed E-state index contributed by atoms with van der Waals surface area (Å²) in [6, 6.07) is 12.2. The lowest BCUT2D eigenvalue weighted by atomic mass is 9.98. The summed E-state index contributed by atoms with van der Waals surface area (Å²) in [5.41, 5.74) is 1.11. The first-order chi connectivity index (χ1) is 12.5. The smallest absolute Gasteiger partial charge is 0.323 e. The number of likely N-dealkylation sites (tertiary alicyclic amines) is 1. The Labute approximate surface area is 152 Å². The van der Waals surface area contributed by atoms with Gasteiger partial charge >= 0.3 is 6.03 Å². The van der Waals surface area contributed by atoms with Crippen molar-refractivity contribution in [2.45, 2.75) is 19.8 Å². The highest BCUT2D eigenvalue weighted by Gasteiger charge is 2.21. The average molecular weight is 355 g/mol.